The number of amides is 1. The number of imidazole rings is 1. The minimum Gasteiger partial charge on any atom is -0.394 e. The van der Waals surface area contributed by atoms with E-state index in [1.807, 2.05) is 0 Å². The third kappa shape index (κ3) is 3.95. The van der Waals surface area contributed by atoms with Gasteiger partial charge >= 0.3 is 11.4 Å². The fraction of sp³-hybridized carbons (Fsp3) is 0.368. The fourth-order valence-corrected chi connectivity index (χ4v) is 3.62. The summed E-state index contributed by atoms with van der Waals surface area (Å²) in [5, 5.41) is 21.6. The number of aromatic amines is 2. The van der Waals surface area contributed by atoms with E-state index in [-0.39, 0.29) is 30.8 Å². The standard InChI is InChI=1S/C19H21N5O7/c25-9-14-13(26)7-15(31-14)24-8-10(17(28)22-19(24)30)16(27)20-5-6-23-12-4-2-1-3-11(12)21-18(23)29/h1-4,8,13-15,25-26H,5-7,9H2,(H,20,27)(H,21,29)(H,22,28,30)/t13-,14?,15?/m1/s1. The Morgan fingerprint density at radius 1 is 1.19 bits per heavy atom. The summed E-state index contributed by atoms with van der Waals surface area (Å²) in [7, 11) is 0. The fourth-order valence-electron chi connectivity index (χ4n) is 3.62. The molecule has 1 aromatic carbocycles. The second kappa shape index (κ2) is 8.34. The second-order valence-electron chi connectivity index (χ2n) is 7.18. The SMILES string of the molecule is O=C(NCCn1c(=O)[nH]c2ccccc21)c1cn(C2C[C@@H](O)C(CO)O2)c(=O)[nH]c1=O. The molecule has 5 N–H and O–H groups in total. The maximum Gasteiger partial charge on any atom is 0.330 e. The predicted molar refractivity (Wildman–Crippen MR) is 108 cm³/mol. The molecule has 31 heavy (non-hydrogen) atoms. The van der Waals surface area contributed by atoms with Gasteiger partial charge in [0.1, 0.15) is 17.9 Å². The molecule has 0 spiro atoms. The van der Waals surface area contributed by atoms with Crippen molar-refractivity contribution < 1.29 is 19.7 Å². The molecule has 2 unspecified atom stereocenters. The first-order valence-corrected chi connectivity index (χ1v) is 9.64. The molecule has 12 nitrogen and oxygen atoms in total. The smallest absolute Gasteiger partial charge is 0.330 e. The summed E-state index contributed by atoms with van der Waals surface area (Å²) in [4.78, 5) is 53.7. The van der Waals surface area contributed by atoms with Gasteiger partial charge in [0.15, 0.2) is 0 Å². The van der Waals surface area contributed by atoms with Crippen LogP contribution in [-0.2, 0) is 11.3 Å². The molecule has 12 heteroatoms. The molecule has 2 aromatic heterocycles. The molecule has 0 radical (unpaired) electrons. The lowest BCUT2D eigenvalue weighted by Crippen LogP contribution is -2.39. The maximum atomic E-state index is 12.5. The van der Waals surface area contributed by atoms with Crippen molar-refractivity contribution in [2.45, 2.75) is 31.4 Å². The van der Waals surface area contributed by atoms with E-state index >= 15 is 0 Å². The highest BCUT2D eigenvalue weighted by molar-refractivity contribution is 5.93. The topological polar surface area (TPSA) is 171 Å². The number of H-pyrrole nitrogens is 2. The molecule has 4 rings (SSSR count). The van der Waals surface area contributed by atoms with Gasteiger partial charge in [-0.15, -0.1) is 0 Å². The van der Waals surface area contributed by atoms with Crippen LogP contribution in [0.3, 0.4) is 0 Å². The Labute approximate surface area is 173 Å². The van der Waals surface area contributed by atoms with Crippen molar-refractivity contribution in [3.8, 4) is 0 Å². The largest absolute Gasteiger partial charge is 0.394 e. The Balaban J connectivity index is 1.50. The third-order valence-electron chi connectivity index (χ3n) is 5.21. The lowest BCUT2D eigenvalue weighted by Gasteiger charge is -2.15. The van der Waals surface area contributed by atoms with E-state index in [4.69, 9.17) is 4.74 Å². The third-order valence-corrected chi connectivity index (χ3v) is 5.21. The van der Waals surface area contributed by atoms with Crippen molar-refractivity contribution in [3.05, 3.63) is 67.3 Å². The van der Waals surface area contributed by atoms with E-state index in [1.165, 1.54) is 4.57 Å². The van der Waals surface area contributed by atoms with Gasteiger partial charge in [-0.05, 0) is 12.1 Å². The number of ether oxygens (including phenoxy) is 1. The van der Waals surface area contributed by atoms with Gasteiger partial charge in [0, 0.05) is 25.7 Å². The van der Waals surface area contributed by atoms with Gasteiger partial charge in [0.25, 0.3) is 11.5 Å². The van der Waals surface area contributed by atoms with Crippen LogP contribution in [0.5, 0.6) is 0 Å². The molecule has 1 fully saturated rings. The Kier molecular flexibility index (Phi) is 5.59. The van der Waals surface area contributed by atoms with Crippen molar-refractivity contribution in [1.29, 1.82) is 0 Å². The number of carbonyl (C=O) groups is 1. The molecule has 3 atom stereocenters. The van der Waals surface area contributed by atoms with Crippen molar-refractivity contribution in [1.82, 2.24) is 24.4 Å². The molecule has 0 aliphatic carbocycles. The van der Waals surface area contributed by atoms with Crippen LogP contribution >= 0.6 is 0 Å². The summed E-state index contributed by atoms with van der Waals surface area (Å²) in [6.07, 6.45) is -1.71. The number of aromatic nitrogens is 4. The van der Waals surface area contributed by atoms with Gasteiger partial charge in [-0.3, -0.25) is 23.7 Å². The molecule has 0 saturated carbocycles. The van der Waals surface area contributed by atoms with E-state index < -0.39 is 42.2 Å². The first-order valence-electron chi connectivity index (χ1n) is 9.64. The van der Waals surface area contributed by atoms with Crippen LogP contribution in [0, 0.1) is 0 Å². The lowest BCUT2D eigenvalue weighted by molar-refractivity contribution is -0.0459. The quantitative estimate of drug-likeness (QED) is 0.308. The first-order chi connectivity index (χ1) is 14.9. The highest BCUT2D eigenvalue weighted by Crippen LogP contribution is 2.27. The molecule has 3 heterocycles. The Hall–Kier alpha value is -3.48. The second-order valence-corrected chi connectivity index (χ2v) is 7.18. The minimum absolute atomic E-state index is 0.0156. The number of carbonyl (C=O) groups excluding carboxylic acids is 1. The number of hydrogen-bond acceptors (Lipinski definition) is 7. The van der Waals surface area contributed by atoms with Crippen molar-refractivity contribution >= 4 is 16.9 Å². The number of aliphatic hydroxyl groups is 2. The molecule has 164 valence electrons. The van der Waals surface area contributed by atoms with Crippen LogP contribution in [-0.4, -0.2) is 60.6 Å². The average molecular weight is 431 g/mol. The number of aliphatic hydroxyl groups excluding tert-OH is 2. The number of benzene rings is 1. The van der Waals surface area contributed by atoms with Gasteiger partial charge < -0.3 is 25.3 Å². The van der Waals surface area contributed by atoms with E-state index in [9.17, 15) is 29.4 Å². The Morgan fingerprint density at radius 3 is 2.71 bits per heavy atom. The number of rotatable bonds is 6. The minimum atomic E-state index is -0.986. The summed E-state index contributed by atoms with van der Waals surface area (Å²) in [6.45, 7) is -0.205. The monoisotopic (exact) mass is 431 g/mol. The van der Waals surface area contributed by atoms with E-state index in [2.05, 4.69) is 15.3 Å². The number of nitrogens with zero attached hydrogens (tertiary/aromatic N) is 2. The van der Waals surface area contributed by atoms with Gasteiger partial charge in [-0.25, -0.2) is 9.59 Å². The summed E-state index contributed by atoms with van der Waals surface area (Å²) in [6, 6.07) is 7.11. The van der Waals surface area contributed by atoms with E-state index in [0.717, 1.165) is 10.8 Å². The summed E-state index contributed by atoms with van der Waals surface area (Å²) in [5.74, 6) is -0.736. The highest BCUT2D eigenvalue weighted by Gasteiger charge is 2.35. The Morgan fingerprint density at radius 2 is 1.97 bits per heavy atom. The van der Waals surface area contributed by atoms with E-state index in [0.29, 0.717) is 11.0 Å². The normalized spacial score (nSPS) is 20.9. The maximum absolute atomic E-state index is 12.5. The van der Waals surface area contributed by atoms with Crippen molar-refractivity contribution in [2.24, 2.45) is 0 Å². The molecule has 1 aliphatic rings. The summed E-state index contributed by atoms with van der Waals surface area (Å²) < 4.78 is 7.88. The van der Waals surface area contributed by atoms with Crippen LogP contribution < -0.4 is 22.3 Å². The molecule has 1 amide bonds. The molecule has 1 saturated heterocycles. The number of para-hydroxylation sites is 2. The van der Waals surface area contributed by atoms with Crippen LogP contribution in [0.15, 0.2) is 44.8 Å². The summed E-state index contributed by atoms with van der Waals surface area (Å²) >= 11 is 0. The molecule has 0 bridgehead atoms. The van der Waals surface area contributed by atoms with Crippen LogP contribution in [0.25, 0.3) is 11.0 Å². The van der Waals surface area contributed by atoms with E-state index in [1.54, 1.807) is 24.3 Å². The zero-order valence-electron chi connectivity index (χ0n) is 16.3. The molecule has 3 aromatic rings. The first kappa shape index (κ1) is 20.8. The predicted octanol–water partition coefficient (Wildman–Crippen LogP) is -1.75. The van der Waals surface area contributed by atoms with Crippen molar-refractivity contribution in [3.63, 3.8) is 0 Å². The highest BCUT2D eigenvalue weighted by atomic mass is 16.5. The van der Waals surface area contributed by atoms with Crippen LogP contribution in [0.2, 0.25) is 0 Å². The Bertz CT molecular complexity index is 1290. The number of nitrogens with one attached hydrogen (secondary N) is 3. The zero-order valence-corrected chi connectivity index (χ0v) is 16.3. The van der Waals surface area contributed by atoms with Crippen molar-refractivity contribution in [2.75, 3.05) is 13.2 Å². The van der Waals surface area contributed by atoms with Gasteiger partial charge in [-0.2, -0.15) is 0 Å². The summed E-state index contributed by atoms with van der Waals surface area (Å²) in [5.41, 5.74) is -0.970. The lowest BCUT2D eigenvalue weighted by atomic mass is 10.2. The zero-order chi connectivity index (χ0) is 22.1. The number of hydrogen-bond donors (Lipinski definition) is 5. The van der Waals surface area contributed by atoms with Gasteiger partial charge in [0.05, 0.1) is 23.7 Å². The molecular formula is C19H21N5O7. The number of fused-ring (bicyclic) bond motifs is 1. The van der Waals surface area contributed by atoms with Crippen LogP contribution in [0.4, 0.5) is 0 Å². The van der Waals surface area contributed by atoms with Gasteiger partial charge in [0.2, 0.25) is 0 Å². The molecule has 1 aliphatic heterocycles. The van der Waals surface area contributed by atoms with Gasteiger partial charge in [-0.1, -0.05) is 12.1 Å². The average Bonchev–Trinajstić information content (AvgIpc) is 3.27. The molecular weight excluding hydrogens is 410 g/mol. The van der Waals surface area contributed by atoms with Crippen LogP contribution in [0.1, 0.15) is 23.0 Å².